The fourth-order valence-corrected chi connectivity index (χ4v) is 1.64. The molecule has 0 aliphatic heterocycles. The molecule has 1 heterocycles. The lowest BCUT2D eigenvalue weighted by molar-refractivity contribution is -0.142. The SMILES string of the molecule is Cn1nc(C(F)(F)F)c(C(N)CC(N)=O)c1Cl. The van der Waals surface area contributed by atoms with Gasteiger partial charge < -0.3 is 11.5 Å². The van der Waals surface area contributed by atoms with Gasteiger partial charge in [0.1, 0.15) is 5.15 Å². The van der Waals surface area contributed by atoms with Crippen molar-refractivity contribution in [3.63, 3.8) is 0 Å². The summed E-state index contributed by atoms with van der Waals surface area (Å²) in [6, 6.07) is -1.23. The Morgan fingerprint density at radius 2 is 2.12 bits per heavy atom. The number of carbonyl (C=O) groups is 1. The van der Waals surface area contributed by atoms with Gasteiger partial charge in [0.05, 0.1) is 0 Å². The van der Waals surface area contributed by atoms with Gasteiger partial charge in [0, 0.05) is 25.1 Å². The number of aromatic nitrogens is 2. The maximum atomic E-state index is 12.6. The van der Waals surface area contributed by atoms with E-state index in [4.69, 9.17) is 23.1 Å². The zero-order chi connectivity index (χ0) is 13.4. The van der Waals surface area contributed by atoms with Crippen molar-refractivity contribution in [3.05, 3.63) is 16.4 Å². The minimum Gasteiger partial charge on any atom is -0.370 e. The van der Waals surface area contributed by atoms with Crippen molar-refractivity contribution >= 4 is 17.5 Å². The van der Waals surface area contributed by atoms with E-state index in [1.165, 1.54) is 7.05 Å². The molecule has 9 heteroatoms. The van der Waals surface area contributed by atoms with Gasteiger partial charge >= 0.3 is 6.18 Å². The average molecular weight is 271 g/mol. The van der Waals surface area contributed by atoms with E-state index in [0.29, 0.717) is 0 Å². The predicted octanol–water partition coefficient (Wildman–Crippen LogP) is 0.968. The van der Waals surface area contributed by atoms with E-state index in [2.05, 4.69) is 5.10 Å². The fraction of sp³-hybridized carbons (Fsp3) is 0.500. The third kappa shape index (κ3) is 2.89. The summed E-state index contributed by atoms with van der Waals surface area (Å²) in [7, 11) is 1.25. The number of halogens is 4. The highest BCUT2D eigenvalue weighted by Crippen LogP contribution is 2.37. The van der Waals surface area contributed by atoms with Crippen molar-refractivity contribution in [2.24, 2.45) is 18.5 Å². The molecule has 0 aliphatic carbocycles. The molecule has 0 fully saturated rings. The molecule has 0 bridgehead atoms. The van der Waals surface area contributed by atoms with Crippen LogP contribution in [0.5, 0.6) is 0 Å². The quantitative estimate of drug-likeness (QED) is 0.858. The number of nitrogens with two attached hydrogens (primary N) is 2. The Morgan fingerprint density at radius 1 is 1.59 bits per heavy atom. The summed E-state index contributed by atoms with van der Waals surface area (Å²) >= 11 is 5.67. The number of hydrogen-bond acceptors (Lipinski definition) is 3. The highest BCUT2D eigenvalue weighted by atomic mass is 35.5. The Labute approximate surface area is 99.5 Å². The second-order valence-corrected chi connectivity index (χ2v) is 3.81. The zero-order valence-electron chi connectivity index (χ0n) is 8.75. The van der Waals surface area contributed by atoms with Gasteiger partial charge in [-0.15, -0.1) is 0 Å². The molecule has 0 aliphatic rings. The van der Waals surface area contributed by atoms with E-state index in [0.717, 1.165) is 4.68 Å². The van der Waals surface area contributed by atoms with Crippen LogP contribution in [0.15, 0.2) is 0 Å². The van der Waals surface area contributed by atoms with Crippen LogP contribution in [0, 0.1) is 0 Å². The summed E-state index contributed by atoms with van der Waals surface area (Å²) in [5.41, 5.74) is 8.73. The van der Waals surface area contributed by atoms with Gasteiger partial charge in [0.2, 0.25) is 5.91 Å². The minimum absolute atomic E-state index is 0.258. The van der Waals surface area contributed by atoms with Crippen LogP contribution < -0.4 is 11.5 Å². The first-order valence-electron chi connectivity index (χ1n) is 4.48. The Bertz CT molecular complexity index is 443. The van der Waals surface area contributed by atoms with Gasteiger partial charge in [-0.25, -0.2) is 0 Å². The predicted molar refractivity (Wildman–Crippen MR) is 54.0 cm³/mol. The molecule has 1 unspecified atom stereocenters. The summed E-state index contributed by atoms with van der Waals surface area (Å²) < 4.78 is 38.7. The van der Waals surface area contributed by atoms with Crippen molar-refractivity contribution in [3.8, 4) is 0 Å². The zero-order valence-corrected chi connectivity index (χ0v) is 9.51. The maximum absolute atomic E-state index is 12.6. The number of aryl methyl sites for hydroxylation is 1. The van der Waals surface area contributed by atoms with E-state index in [9.17, 15) is 18.0 Å². The molecule has 1 amide bonds. The Kier molecular flexibility index (Phi) is 3.68. The standard InChI is InChI=1S/C8H10ClF3N4O/c1-16-7(9)5(3(13)2-4(14)17)6(15-16)8(10,11)12/h3H,2,13H2,1H3,(H2,14,17). The molecule has 96 valence electrons. The molecule has 4 N–H and O–H groups in total. The molecule has 1 atom stereocenters. The third-order valence-electron chi connectivity index (χ3n) is 2.07. The summed E-state index contributed by atoms with van der Waals surface area (Å²) in [5, 5.41) is 2.98. The first-order valence-corrected chi connectivity index (χ1v) is 4.85. The summed E-state index contributed by atoms with van der Waals surface area (Å²) in [5.74, 6) is -0.814. The smallest absolute Gasteiger partial charge is 0.370 e. The van der Waals surface area contributed by atoms with Crippen LogP contribution in [0.1, 0.15) is 23.7 Å². The molecule has 1 aromatic heterocycles. The van der Waals surface area contributed by atoms with E-state index >= 15 is 0 Å². The molecule has 0 saturated carbocycles. The molecule has 1 rings (SSSR count). The van der Waals surface area contributed by atoms with Crippen LogP contribution in [0.25, 0.3) is 0 Å². The average Bonchev–Trinajstić information content (AvgIpc) is 2.41. The van der Waals surface area contributed by atoms with Gasteiger partial charge in [-0.3, -0.25) is 9.48 Å². The monoisotopic (exact) mass is 270 g/mol. The van der Waals surface area contributed by atoms with Gasteiger partial charge in [0.25, 0.3) is 0 Å². The van der Waals surface area contributed by atoms with Crippen molar-refractivity contribution in [1.82, 2.24) is 9.78 Å². The van der Waals surface area contributed by atoms with Gasteiger partial charge in [0.15, 0.2) is 5.69 Å². The van der Waals surface area contributed by atoms with E-state index in [1.807, 2.05) is 0 Å². The van der Waals surface area contributed by atoms with Crippen molar-refractivity contribution in [1.29, 1.82) is 0 Å². The molecular formula is C8H10ClF3N4O. The van der Waals surface area contributed by atoms with Crippen LogP contribution in [-0.4, -0.2) is 15.7 Å². The highest BCUT2D eigenvalue weighted by molar-refractivity contribution is 6.30. The minimum atomic E-state index is -4.69. The first-order chi connectivity index (χ1) is 7.64. The molecule has 0 spiro atoms. The lowest BCUT2D eigenvalue weighted by Gasteiger charge is -2.12. The van der Waals surface area contributed by atoms with Crippen molar-refractivity contribution in [2.75, 3.05) is 0 Å². The third-order valence-corrected chi connectivity index (χ3v) is 2.52. The number of primary amides is 1. The molecule has 17 heavy (non-hydrogen) atoms. The van der Waals surface area contributed by atoms with Crippen LogP contribution in [0.2, 0.25) is 5.15 Å². The Morgan fingerprint density at radius 3 is 2.53 bits per heavy atom. The van der Waals surface area contributed by atoms with E-state index in [1.54, 1.807) is 0 Å². The van der Waals surface area contributed by atoms with Gasteiger partial charge in [-0.1, -0.05) is 11.6 Å². The number of amides is 1. The van der Waals surface area contributed by atoms with E-state index in [-0.39, 0.29) is 5.15 Å². The number of nitrogens with zero attached hydrogens (tertiary/aromatic N) is 2. The van der Waals surface area contributed by atoms with Crippen LogP contribution in [0.3, 0.4) is 0 Å². The van der Waals surface area contributed by atoms with Crippen molar-refractivity contribution in [2.45, 2.75) is 18.6 Å². The van der Waals surface area contributed by atoms with Crippen LogP contribution in [-0.2, 0) is 18.0 Å². The number of hydrogen-bond donors (Lipinski definition) is 2. The molecule has 0 saturated heterocycles. The van der Waals surface area contributed by atoms with Crippen LogP contribution >= 0.6 is 11.6 Å². The molecule has 0 aromatic carbocycles. The summed E-state index contributed by atoms with van der Waals surface area (Å²) in [6.45, 7) is 0. The molecular weight excluding hydrogens is 261 g/mol. The van der Waals surface area contributed by atoms with Crippen LogP contribution in [0.4, 0.5) is 13.2 Å². The number of carbonyl (C=O) groups excluding carboxylic acids is 1. The molecule has 1 aromatic rings. The number of rotatable bonds is 3. The fourth-order valence-electron chi connectivity index (χ4n) is 1.38. The highest BCUT2D eigenvalue weighted by Gasteiger charge is 2.40. The summed E-state index contributed by atoms with van der Waals surface area (Å²) in [4.78, 5) is 10.7. The summed E-state index contributed by atoms with van der Waals surface area (Å²) in [6.07, 6.45) is -5.12. The largest absolute Gasteiger partial charge is 0.435 e. The lowest BCUT2D eigenvalue weighted by atomic mass is 10.0. The normalized spacial score (nSPS) is 13.8. The Balaban J connectivity index is 3.26. The topological polar surface area (TPSA) is 86.9 Å². The molecule has 0 radical (unpaired) electrons. The second kappa shape index (κ2) is 4.53. The van der Waals surface area contributed by atoms with Crippen molar-refractivity contribution < 1.29 is 18.0 Å². The lowest BCUT2D eigenvalue weighted by Crippen LogP contribution is -2.23. The first kappa shape index (κ1) is 13.8. The van der Waals surface area contributed by atoms with Gasteiger partial charge in [-0.2, -0.15) is 18.3 Å². The second-order valence-electron chi connectivity index (χ2n) is 3.45. The number of alkyl halides is 3. The Hall–Kier alpha value is -1.28. The van der Waals surface area contributed by atoms with E-state index < -0.39 is 35.8 Å². The van der Waals surface area contributed by atoms with Gasteiger partial charge in [-0.05, 0) is 0 Å². The maximum Gasteiger partial charge on any atom is 0.435 e. The molecule has 5 nitrogen and oxygen atoms in total.